The van der Waals surface area contributed by atoms with Crippen molar-refractivity contribution in [2.24, 2.45) is 11.8 Å². The highest BCUT2D eigenvalue weighted by Gasteiger charge is 2.17. The molecule has 0 heterocycles. The molecule has 0 bridgehead atoms. The van der Waals surface area contributed by atoms with Gasteiger partial charge in [0.15, 0.2) is 0 Å². The number of rotatable bonds is 24. The van der Waals surface area contributed by atoms with E-state index in [1.165, 1.54) is 128 Å². The summed E-state index contributed by atoms with van der Waals surface area (Å²) in [5.41, 5.74) is 0. The van der Waals surface area contributed by atoms with Crippen molar-refractivity contribution in [3.63, 3.8) is 0 Å². The van der Waals surface area contributed by atoms with Crippen molar-refractivity contribution < 1.29 is 9.53 Å². The van der Waals surface area contributed by atoms with Crippen molar-refractivity contribution in [3.8, 4) is 0 Å². The molecule has 2 atom stereocenters. The van der Waals surface area contributed by atoms with Gasteiger partial charge in [-0.15, -0.1) is 0 Å². The second-order valence-electron chi connectivity index (χ2n) is 10.1. The van der Waals surface area contributed by atoms with E-state index >= 15 is 0 Å². The van der Waals surface area contributed by atoms with Gasteiger partial charge in [0.25, 0.3) is 0 Å². The van der Waals surface area contributed by atoms with Crippen LogP contribution in [0.15, 0.2) is 0 Å². The predicted molar refractivity (Wildman–Crippen MR) is 138 cm³/mol. The van der Waals surface area contributed by atoms with Crippen molar-refractivity contribution in [1.82, 2.24) is 0 Å². The third-order valence-corrected chi connectivity index (χ3v) is 6.79. The van der Waals surface area contributed by atoms with Crippen LogP contribution in [0.2, 0.25) is 0 Å². The van der Waals surface area contributed by atoms with Crippen LogP contribution in [-0.2, 0) is 9.53 Å². The molecule has 0 aromatic carbocycles. The summed E-state index contributed by atoms with van der Waals surface area (Å²) in [7, 11) is 0. The minimum absolute atomic E-state index is 0.0455. The number of ether oxygens (including phenoxy) is 1. The maximum atomic E-state index is 12.5. The lowest BCUT2D eigenvalue weighted by Crippen LogP contribution is -2.20. The summed E-state index contributed by atoms with van der Waals surface area (Å²) in [5.74, 6) is 0.682. The summed E-state index contributed by atoms with van der Waals surface area (Å²) in [6, 6.07) is 0. The first-order valence-corrected chi connectivity index (χ1v) is 14.3. The number of hydrogen-bond acceptors (Lipinski definition) is 2. The molecule has 0 rings (SSSR count). The smallest absolute Gasteiger partial charge is 0.308 e. The van der Waals surface area contributed by atoms with Crippen LogP contribution in [-0.4, -0.2) is 12.6 Å². The normalized spacial score (nSPS) is 13.3. The van der Waals surface area contributed by atoms with Gasteiger partial charge < -0.3 is 4.74 Å². The maximum absolute atomic E-state index is 12.5. The summed E-state index contributed by atoms with van der Waals surface area (Å²) >= 11 is 0. The van der Waals surface area contributed by atoms with Crippen LogP contribution >= 0.6 is 0 Å². The highest BCUT2D eigenvalue weighted by molar-refractivity contribution is 5.71. The molecule has 0 aromatic heterocycles. The molecule has 0 fully saturated rings. The standard InChI is InChI=1S/C29H58O2/c1-5-8-11-14-16-19-22-25-28(24-21-17-13-10-7-3)26-31-29(30)27(4)23-20-18-15-12-9-6-2/h27-28H,5-26H2,1-4H3. The third kappa shape index (κ3) is 21.1. The molecular weight excluding hydrogens is 380 g/mol. The van der Waals surface area contributed by atoms with Crippen molar-refractivity contribution in [2.75, 3.05) is 6.61 Å². The molecule has 0 aliphatic carbocycles. The van der Waals surface area contributed by atoms with E-state index in [4.69, 9.17) is 4.74 Å². The van der Waals surface area contributed by atoms with Crippen LogP contribution in [0.25, 0.3) is 0 Å². The van der Waals surface area contributed by atoms with Gasteiger partial charge in [-0.3, -0.25) is 4.79 Å². The molecule has 0 aliphatic heterocycles. The molecule has 0 radical (unpaired) electrons. The minimum Gasteiger partial charge on any atom is -0.465 e. The van der Waals surface area contributed by atoms with Crippen molar-refractivity contribution in [1.29, 1.82) is 0 Å². The van der Waals surface area contributed by atoms with Gasteiger partial charge in [-0.05, 0) is 25.2 Å². The molecule has 0 saturated carbocycles. The van der Waals surface area contributed by atoms with Gasteiger partial charge in [-0.1, -0.05) is 143 Å². The number of hydrogen-bond donors (Lipinski definition) is 0. The van der Waals surface area contributed by atoms with E-state index in [0.717, 1.165) is 6.42 Å². The van der Waals surface area contributed by atoms with Crippen LogP contribution in [0, 0.1) is 11.8 Å². The van der Waals surface area contributed by atoms with Crippen LogP contribution in [0.5, 0.6) is 0 Å². The number of carbonyl (C=O) groups is 1. The lowest BCUT2D eigenvalue weighted by Gasteiger charge is -2.19. The van der Waals surface area contributed by atoms with Gasteiger partial charge in [-0.25, -0.2) is 0 Å². The Hall–Kier alpha value is -0.530. The Labute approximate surface area is 196 Å². The fraction of sp³-hybridized carbons (Fsp3) is 0.966. The lowest BCUT2D eigenvalue weighted by molar-refractivity contribution is -0.149. The summed E-state index contributed by atoms with van der Waals surface area (Å²) in [5, 5.41) is 0. The Balaban J connectivity index is 4.10. The van der Waals surface area contributed by atoms with Gasteiger partial charge in [-0.2, -0.15) is 0 Å². The van der Waals surface area contributed by atoms with Gasteiger partial charge in [0.1, 0.15) is 0 Å². The molecule has 0 aromatic rings. The highest BCUT2D eigenvalue weighted by atomic mass is 16.5. The molecule has 31 heavy (non-hydrogen) atoms. The number of unbranched alkanes of at least 4 members (excludes halogenated alkanes) is 15. The van der Waals surface area contributed by atoms with Crippen LogP contribution in [0.3, 0.4) is 0 Å². The quantitative estimate of drug-likeness (QED) is 0.111. The number of esters is 1. The fourth-order valence-corrected chi connectivity index (χ4v) is 4.43. The molecule has 0 amide bonds. The van der Waals surface area contributed by atoms with Crippen molar-refractivity contribution >= 4 is 5.97 Å². The molecule has 2 nitrogen and oxygen atoms in total. The zero-order chi connectivity index (χ0) is 23.0. The van der Waals surface area contributed by atoms with Crippen LogP contribution in [0.1, 0.15) is 163 Å². The Morgan fingerprint density at radius 1 is 0.548 bits per heavy atom. The van der Waals surface area contributed by atoms with E-state index in [0.29, 0.717) is 12.5 Å². The minimum atomic E-state index is 0.0455. The largest absolute Gasteiger partial charge is 0.465 e. The highest BCUT2D eigenvalue weighted by Crippen LogP contribution is 2.21. The summed E-state index contributed by atoms with van der Waals surface area (Å²) < 4.78 is 5.81. The zero-order valence-corrected chi connectivity index (χ0v) is 22.0. The number of carbonyl (C=O) groups excluding carboxylic acids is 1. The second kappa shape index (κ2) is 24.1. The summed E-state index contributed by atoms with van der Waals surface area (Å²) in [6.45, 7) is 9.52. The van der Waals surface area contributed by atoms with E-state index in [1.54, 1.807) is 0 Å². The Kier molecular flexibility index (Phi) is 23.7. The summed E-state index contributed by atoms with van der Waals surface area (Å²) in [4.78, 5) is 12.5. The maximum Gasteiger partial charge on any atom is 0.308 e. The van der Waals surface area contributed by atoms with Gasteiger partial charge in [0, 0.05) is 0 Å². The first kappa shape index (κ1) is 30.5. The van der Waals surface area contributed by atoms with Gasteiger partial charge >= 0.3 is 5.97 Å². The van der Waals surface area contributed by atoms with Crippen LogP contribution in [0.4, 0.5) is 0 Å². The van der Waals surface area contributed by atoms with Crippen molar-refractivity contribution in [3.05, 3.63) is 0 Å². The second-order valence-corrected chi connectivity index (χ2v) is 10.1. The fourth-order valence-electron chi connectivity index (χ4n) is 4.43. The van der Waals surface area contributed by atoms with E-state index in [1.807, 2.05) is 0 Å². The van der Waals surface area contributed by atoms with Gasteiger partial charge in [0.05, 0.1) is 12.5 Å². The third-order valence-electron chi connectivity index (χ3n) is 6.79. The summed E-state index contributed by atoms with van der Waals surface area (Å²) in [6.07, 6.45) is 27.3. The molecule has 186 valence electrons. The topological polar surface area (TPSA) is 26.3 Å². The zero-order valence-electron chi connectivity index (χ0n) is 22.0. The van der Waals surface area contributed by atoms with Crippen molar-refractivity contribution in [2.45, 2.75) is 163 Å². The van der Waals surface area contributed by atoms with Crippen LogP contribution < -0.4 is 0 Å². The van der Waals surface area contributed by atoms with Gasteiger partial charge in [0.2, 0.25) is 0 Å². The average Bonchev–Trinajstić information content (AvgIpc) is 2.77. The lowest BCUT2D eigenvalue weighted by atomic mass is 9.94. The first-order valence-electron chi connectivity index (χ1n) is 14.3. The van der Waals surface area contributed by atoms with E-state index < -0.39 is 0 Å². The molecule has 2 heteroatoms. The Bertz CT molecular complexity index is 366. The van der Waals surface area contributed by atoms with E-state index in [2.05, 4.69) is 27.7 Å². The molecule has 0 N–H and O–H groups in total. The monoisotopic (exact) mass is 438 g/mol. The Morgan fingerprint density at radius 2 is 0.903 bits per heavy atom. The average molecular weight is 439 g/mol. The molecule has 0 aliphatic rings. The molecule has 2 unspecified atom stereocenters. The molecule has 0 spiro atoms. The van der Waals surface area contributed by atoms with E-state index in [-0.39, 0.29) is 11.9 Å². The molecular formula is C29H58O2. The predicted octanol–water partition coefficient (Wildman–Crippen LogP) is 10.0. The first-order chi connectivity index (χ1) is 15.2. The molecule has 0 saturated heterocycles. The SMILES string of the molecule is CCCCCCCCCC(CCCCCCC)COC(=O)C(C)CCCCCCCC. The Morgan fingerprint density at radius 3 is 1.32 bits per heavy atom. The van der Waals surface area contributed by atoms with E-state index in [9.17, 15) is 4.79 Å².